The van der Waals surface area contributed by atoms with E-state index in [4.69, 9.17) is 0 Å². The minimum atomic E-state index is -4.04. The molecule has 7 heteroatoms. The summed E-state index contributed by atoms with van der Waals surface area (Å²) in [6, 6.07) is 12.5. The van der Waals surface area contributed by atoms with Crippen LogP contribution in [0.1, 0.15) is 12.0 Å². The highest BCUT2D eigenvalue weighted by molar-refractivity contribution is 7.89. The predicted molar refractivity (Wildman–Crippen MR) is 91.5 cm³/mol. The average Bonchev–Trinajstić information content (AvgIpc) is 2.84. The van der Waals surface area contributed by atoms with E-state index in [1.54, 1.807) is 0 Å². The smallest absolute Gasteiger partial charge is 0.246 e. The van der Waals surface area contributed by atoms with Gasteiger partial charge in [-0.15, -0.1) is 0 Å². The molecule has 25 heavy (non-hydrogen) atoms. The Morgan fingerprint density at radius 2 is 1.68 bits per heavy atom. The van der Waals surface area contributed by atoms with Crippen LogP contribution in [0, 0.1) is 11.6 Å². The molecule has 1 saturated heterocycles. The van der Waals surface area contributed by atoms with Crippen molar-refractivity contribution in [1.29, 1.82) is 0 Å². The summed E-state index contributed by atoms with van der Waals surface area (Å²) in [5, 5.41) is 0. The SMILES string of the molecule is O=S(=O)(c1cc(F)ccc1F)N1CCCN(Cc2ccccc2)CC1. The number of rotatable bonds is 4. The Morgan fingerprint density at radius 3 is 2.44 bits per heavy atom. The van der Waals surface area contributed by atoms with Crippen molar-refractivity contribution in [3.63, 3.8) is 0 Å². The van der Waals surface area contributed by atoms with Crippen LogP contribution in [0.3, 0.4) is 0 Å². The average molecular weight is 366 g/mol. The molecule has 0 aliphatic carbocycles. The van der Waals surface area contributed by atoms with Crippen molar-refractivity contribution in [2.45, 2.75) is 17.9 Å². The molecule has 1 aliphatic heterocycles. The summed E-state index contributed by atoms with van der Waals surface area (Å²) in [4.78, 5) is 1.58. The molecule has 1 heterocycles. The summed E-state index contributed by atoms with van der Waals surface area (Å²) in [5.41, 5.74) is 1.16. The summed E-state index contributed by atoms with van der Waals surface area (Å²) in [7, 11) is -4.04. The third kappa shape index (κ3) is 4.23. The Balaban J connectivity index is 1.73. The molecule has 4 nitrogen and oxygen atoms in total. The van der Waals surface area contributed by atoms with Crippen LogP contribution in [-0.2, 0) is 16.6 Å². The van der Waals surface area contributed by atoms with Gasteiger partial charge in [0.15, 0.2) is 0 Å². The molecule has 2 aromatic rings. The molecule has 0 radical (unpaired) electrons. The Kier molecular flexibility index (Phi) is 5.46. The third-order valence-electron chi connectivity index (χ3n) is 4.31. The maximum Gasteiger partial charge on any atom is 0.246 e. The van der Waals surface area contributed by atoms with E-state index in [0.29, 0.717) is 19.5 Å². The van der Waals surface area contributed by atoms with E-state index >= 15 is 0 Å². The van der Waals surface area contributed by atoms with Gasteiger partial charge < -0.3 is 0 Å². The first-order valence-electron chi connectivity index (χ1n) is 8.18. The summed E-state index contributed by atoms with van der Waals surface area (Å²) in [6.45, 7) is 2.59. The number of hydrogen-bond donors (Lipinski definition) is 0. The molecule has 0 aromatic heterocycles. The largest absolute Gasteiger partial charge is 0.298 e. The number of sulfonamides is 1. The van der Waals surface area contributed by atoms with E-state index < -0.39 is 26.6 Å². The molecule has 3 rings (SSSR count). The first-order chi connectivity index (χ1) is 12.0. The van der Waals surface area contributed by atoms with E-state index in [-0.39, 0.29) is 6.54 Å². The van der Waals surface area contributed by atoms with E-state index in [1.807, 2.05) is 30.3 Å². The van der Waals surface area contributed by atoms with Crippen LogP contribution >= 0.6 is 0 Å². The summed E-state index contributed by atoms with van der Waals surface area (Å²) in [6.07, 6.45) is 0.642. The fraction of sp³-hybridized carbons (Fsp3) is 0.333. The number of halogens is 2. The topological polar surface area (TPSA) is 40.6 Å². The van der Waals surface area contributed by atoms with Gasteiger partial charge in [0.2, 0.25) is 10.0 Å². The van der Waals surface area contributed by atoms with Crippen molar-refractivity contribution >= 4 is 10.0 Å². The lowest BCUT2D eigenvalue weighted by molar-refractivity contribution is 0.278. The van der Waals surface area contributed by atoms with Gasteiger partial charge in [-0.1, -0.05) is 30.3 Å². The van der Waals surface area contributed by atoms with Crippen LogP contribution in [-0.4, -0.2) is 43.8 Å². The lowest BCUT2D eigenvalue weighted by atomic mass is 10.2. The van der Waals surface area contributed by atoms with E-state index in [0.717, 1.165) is 36.9 Å². The minimum absolute atomic E-state index is 0.255. The summed E-state index contributed by atoms with van der Waals surface area (Å²) < 4.78 is 53.9. The van der Waals surface area contributed by atoms with Gasteiger partial charge in [0, 0.05) is 26.2 Å². The number of benzene rings is 2. The molecule has 0 amide bonds. The van der Waals surface area contributed by atoms with Crippen molar-refractivity contribution in [2.75, 3.05) is 26.2 Å². The summed E-state index contributed by atoms with van der Waals surface area (Å²) in [5.74, 6) is -1.69. The van der Waals surface area contributed by atoms with Crippen molar-refractivity contribution in [3.05, 3.63) is 65.7 Å². The van der Waals surface area contributed by atoms with Gasteiger partial charge in [-0.2, -0.15) is 4.31 Å². The normalized spacial score (nSPS) is 17.4. The molecule has 1 aliphatic rings. The van der Waals surface area contributed by atoms with Gasteiger partial charge in [0.1, 0.15) is 16.5 Å². The van der Waals surface area contributed by atoms with Crippen LogP contribution in [0.25, 0.3) is 0 Å². The molecule has 0 spiro atoms. The Morgan fingerprint density at radius 1 is 0.920 bits per heavy atom. The maximum absolute atomic E-state index is 13.9. The number of nitrogens with zero attached hydrogens (tertiary/aromatic N) is 2. The lowest BCUT2D eigenvalue weighted by Crippen LogP contribution is -2.35. The van der Waals surface area contributed by atoms with Crippen LogP contribution in [0.4, 0.5) is 8.78 Å². The van der Waals surface area contributed by atoms with Crippen molar-refractivity contribution < 1.29 is 17.2 Å². The highest BCUT2D eigenvalue weighted by Gasteiger charge is 2.29. The van der Waals surface area contributed by atoms with Gasteiger partial charge in [-0.3, -0.25) is 4.90 Å². The van der Waals surface area contributed by atoms with Crippen LogP contribution in [0.15, 0.2) is 53.4 Å². The molecule has 0 N–H and O–H groups in total. The molecule has 0 bridgehead atoms. The van der Waals surface area contributed by atoms with Gasteiger partial charge in [0.05, 0.1) is 0 Å². The predicted octanol–water partition coefficient (Wildman–Crippen LogP) is 2.86. The van der Waals surface area contributed by atoms with Crippen LogP contribution < -0.4 is 0 Å². The molecule has 134 valence electrons. The molecular formula is C18H20F2N2O2S. The van der Waals surface area contributed by atoms with Gasteiger partial charge in [-0.25, -0.2) is 17.2 Å². The zero-order valence-electron chi connectivity index (χ0n) is 13.7. The third-order valence-corrected chi connectivity index (χ3v) is 6.22. The number of hydrogen-bond acceptors (Lipinski definition) is 3. The molecule has 0 atom stereocenters. The van der Waals surface area contributed by atoms with Gasteiger partial charge in [0.25, 0.3) is 0 Å². The van der Waals surface area contributed by atoms with Crippen molar-refractivity contribution in [1.82, 2.24) is 9.21 Å². The zero-order valence-corrected chi connectivity index (χ0v) is 14.6. The second-order valence-electron chi connectivity index (χ2n) is 6.09. The monoisotopic (exact) mass is 366 g/mol. The zero-order chi connectivity index (χ0) is 17.9. The van der Waals surface area contributed by atoms with Crippen LogP contribution in [0.2, 0.25) is 0 Å². The molecule has 0 saturated carbocycles. The Bertz CT molecular complexity index is 828. The van der Waals surface area contributed by atoms with Gasteiger partial charge in [-0.05, 0) is 36.7 Å². The Hall–Kier alpha value is -1.83. The Labute approximate surface area is 146 Å². The van der Waals surface area contributed by atoms with Crippen molar-refractivity contribution in [3.8, 4) is 0 Å². The van der Waals surface area contributed by atoms with E-state index in [2.05, 4.69) is 4.90 Å². The molecular weight excluding hydrogens is 346 g/mol. The van der Waals surface area contributed by atoms with Crippen LogP contribution in [0.5, 0.6) is 0 Å². The highest BCUT2D eigenvalue weighted by atomic mass is 32.2. The fourth-order valence-corrected chi connectivity index (χ4v) is 4.55. The minimum Gasteiger partial charge on any atom is -0.298 e. The quantitative estimate of drug-likeness (QED) is 0.836. The van der Waals surface area contributed by atoms with Crippen molar-refractivity contribution in [2.24, 2.45) is 0 Å². The first kappa shape index (κ1) is 18.0. The first-order valence-corrected chi connectivity index (χ1v) is 9.62. The molecule has 0 unspecified atom stereocenters. The molecule has 2 aromatic carbocycles. The fourth-order valence-electron chi connectivity index (χ4n) is 3.00. The second kappa shape index (κ2) is 7.59. The van der Waals surface area contributed by atoms with Gasteiger partial charge >= 0.3 is 0 Å². The lowest BCUT2D eigenvalue weighted by Gasteiger charge is -2.22. The highest BCUT2D eigenvalue weighted by Crippen LogP contribution is 2.22. The summed E-state index contributed by atoms with van der Waals surface area (Å²) >= 11 is 0. The standard InChI is InChI=1S/C18H20F2N2O2S/c19-16-7-8-17(20)18(13-16)25(23,24)22-10-4-9-21(11-12-22)14-15-5-2-1-3-6-15/h1-3,5-8,13H,4,9-12,14H2. The second-order valence-corrected chi connectivity index (χ2v) is 8.00. The van der Waals surface area contributed by atoms with E-state index in [9.17, 15) is 17.2 Å². The van der Waals surface area contributed by atoms with E-state index in [1.165, 1.54) is 4.31 Å². The molecule has 1 fully saturated rings. The maximum atomic E-state index is 13.9.